The summed E-state index contributed by atoms with van der Waals surface area (Å²) in [6.07, 6.45) is -6.49. The first-order chi connectivity index (χ1) is 29.7. The number of aliphatic hydroxyl groups excluding tert-OH is 3. The van der Waals surface area contributed by atoms with Crippen molar-refractivity contribution in [3.05, 3.63) is 0 Å². The van der Waals surface area contributed by atoms with Crippen LogP contribution in [0.15, 0.2) is 0 Å². The van der Waals surface area contributed by atoms with Gasteiger partial charge in [-0.25, -0.2) is 14.2 Å². The lowest BCUT2D eigenvalue weighted by Crippen LogP contribution is -2.68. The number of carboxylic acid groups (broad SMARTS) is 1. The van der Waals surface area contributed by atoms with Crippen molar-refractivity contribution in [2.45, 2.75) is 207 Å². The van der Waals surface area contributed by atoms with Gasteiger partial charge >= 0.3 is 19.9 Å². The molecule has 0 saturated carbocycles. The number of hydrogen-bond acceptors (Lipinski definition) is 15. The van der Waals surface area contributed by atoms with E-state index in [-0.39, 0.29) is 17.9 Å². The topological polar surface area (TPSA) is 315 Å². The Morgan fingerprint density at radius 3 is 1.97 bits per heavy atom. The number of ether oxygens (including phenoxy) is 5. The molecule has 0 bridgehead atoms. The zero-order valence-corrected chi connectivity index (χ0v) is 40.2. The third kappa shape index (κ3) is 20.6. The van der Waals surface area contributed by atoms with E-state index in [2.05, 4.69) is 46.9 Å². The molecule has 0 aromatic heterocycles. The van der Waals surface area contributed by atoms with Crippen molar-refractivity contribution >= 4 is 31.7 Å². The van der Waals surface area contributed by atoms with Crippen LogP contribution in [0.4, 0.5) is 4.79 Å². The van der Waals surface area contributed by atoms with Gasteiger partial charge in [0.25, 0.3) is 0 Å². The molecule has 374 valence electrons. The third-order valence-corrected chi connectivity index (χ3v) is 13.1. The predicted octanol–water partition coefficient (Wildman–Crippen LogP) is 4.25. The van der Waals surface area contributed by atoms with Crippen LogP contribution in [0.5, 0.6) is 0 Å². The molecule has 15 atom stereocenters. The Morgan fingerprint density at radius 2 is 1.39 bits per heavy atom. The summed E-state index contributed by atoms with van der Waals surface area (Å²) in [5.74, 6) is -1.11. The zero-order valence-electron chi connectivity index (χ0n) is 39.3. The lowest BCUT2D eigenvalue weighted by atomic mass is 9.79. The van der Waals surface area contributed by atoms with Crippen molar-refractivity contribution in [3.63, 3.8) is 0 Å². The van der Waals surface area contributed by atoms with E-state index in [9.17, 15) is 49.1 Å². The number of unbranched alkanes of at least 4 members (excludes halogenated alkanes) is 1. The minimum absolute atomic E-state index is 0.000400. The number of aliphatic hydroxyl groups is 3. The number of carbonyl (C=O) groups excluding carboxylic acids is 3. The maximum atomic E-state index is 13.3. The molecule has 0 aromatic rings. The highest BCUT2D eigenvalue weighted by atomic mass is 31.2. The molecule has 0 spiro atoms. The second-order valence-electron chi connectivity index (χ2n) is 19.3. The van der Waals surface area contributed by atoms with Gasteiger partial charge in [-0.3, -0.25) is 18.6 Å². The third-order valence-electron chi connectivity index (χ3n) is 12.1. The number of phosphoric ester groups is 1. The van der Waals surface area contributed by atoms with Crippen LogP contribution in [-0.2, 0) is 51.7 Å². The highest BCUT2D eigenvalue weighted by Crippen LogP contribution is 2.47. The average molecular weight is 942 g/mol. The monoisotopic (exact) mass is 942 g/mol. The van der Waals surface area contributed by atoms with E-state index in [4.69, 9.17) is 44.2 Å². The normalized spacial score (nSPS) is 29.3. The van der Waals surface area contributed by atoms with Crippen molar-refractivity contribution in [2.24, 2.45) is 40.6 Å². The standard InChI is InChI=1S/C43H80N3O17P/c1-24(2)13-12-15-25(3)16-17-27(5)18-21-43(8,9)20-11-10-14-26(4)19-22-57-30(39(52)53)23-58-64(55,56)63-41-37(35(62-42(45)54)34(50)36(60-41)38(44)51)61-40-31(46-29(7)47)33(49)32(48)28(6)59-40/h24-28,30-37,40-41,48-50H,10-23H2,1-9H3,(H2,44,51)(H2,45,54)(H,46,47)(H,52,53)(H,55,56)/t25?,26?,27?,28-,30-,31-,32-,33-,34-,35+,36+,37-,40+,41-/m1/s1. The molecular weight excluding hydrogens is 861 g/mol. The molecule has 2 heterocycles. The van der Waals surface area contributed by atoms with Crippen molar-refractivity contribution in [1.29, 1.82) is 0 Å². The second kappa shape index (κ2) is 27.4. The molecule has 2 rings (SSSR count). The summed E-state index contributed by atoms with van der Waals surface area (Å²) in [4.78, 5) is 59.0. The smallest absolute Gasteiger partial charge is 0.474 e. The summed E-state index contributed by atoms with van der Waals surface area (Å²) in [7, 11) is -5.42. The summed E-state index contributed by atoms with van der Waals surface area (Å²) < 4.78 is 50.8. The Bertz CT molecular complexity index is 1490. The van der Waals surface area contributed by atoms with Crippen LogP contribution in [0.25, 0.3) is 0 Å². The van der Waals surface area contributed by atoms with Crippen LogP contribution in [-0.4, -0.2) is 130 Å². The first-order valence-electron chi connectivity index (χ1n) is 22.8. The summed E-state index contributed by atoms with van der Waals surface area (Å²) in [6, 6.07) is -1.53. The van der Waals surface area contributed by atoms with Crippen molar-refractivity contribution in [2.75, 3.05) is 13.2 Å². The summed E-state index contributed by atoms with van der Waals surface area (Å²) in [6.45, 7) is 17.4. The highest BCUT2D eigenvalue weighted by Gasteiger charge is 2.55. The molecule has 0 radical (unpaired) electrons. The van der Waals surface area contributed by atoms with Crippen LogP contribution >= 0.6 is 7.82 Å². The Hall–Kier alpha value is -2.49. The van der Waals surface area contributed by atoms with Gasteiger partial charge in [-0.15, -0.1) is 0 Å². The van der Waals surface area contributed by atoms with Gasteiger partial charge < -0.3 is 65.8 Å². The van der Waals surface area contributed by atoms with Crippen LogP contribution in [0.2, 0.25) is 0 Å². The zero-order chi connectivity index (χ0) is 48.5. The van der Waals surface area contributed by atoms with E-state index in [1.165, 1.54) is 51.9 Å². The molecule has 2 fully saturated rings. The molecule has 0 aromatic carbocycles. The Labute approximate surface area is 378 Å². The first-order valence-corrected chi connectivity index (χ1v) is 24.3. The van der Waals surface area contributed by atoms with Crippen LogP contribution < -0.4 is 16.8 Å². The Morgan fingerprint density at radius 1 is 0.781 bits per heavy atom. The number of aliphatic carboxylic acids is 1. The summed E-state index contributed by atoms with van der Waals surface area (Å²) in [5, 5.41) is 44.2. The number of nitrogens with two attached hydrogens (primary N) is 2. The maximum absolute atomic E-state index is 13.3. The molecule has 4 unspecified atom stereocenters. The molecule has 3 amide bonds. The first kappa shape index (κ1) is 57.6. The van der Waals surface area contributed by atoms with Gasteiger partial charge in [-0.1, -0.05) is 106 Å². The van der Waals surface area contributed by atoms with Crippen LogP contribution in [0.1, 0.15) is 139 Å². The van der Waals surface area contributed by atoms with E-state index in [0.717, 1.165) is 44.4 Å². The van der Waals surface area contributed by atoms with Gasteiger partial charge in [0, 0.05) is 13.5 Å². The fraction of sp³-hybridized carbons (Fsp3) is 0.907. The van der Waals surface area contributed by atoms with Gasteiger partial charge in [0.15, 0.2) is 37.0 Å². The average Bonchev–Trinajstić information content (AvgIpc) is 3.18. The number of carboxylic acids is 1. The minimum Gasteiger partial charge on any atom is -0.479 e. The number of primary amides is 2. The van der Waals surface area contributed by atoms with Gasteiger partial charge in [0.2, 0.25) is 11.8 Å². The number of amides is 3. The quantitative estimate of drug-likeness (QED) is 0.0369. The number of hydrogen-bond donors (Lipinski definition) is 8. The van der Waals surface area contributed by atoms with Crippen molar-refractivity contribution in [3.8, 4) is 0 Å². The van der Waals surface area contributed by atoms with E-state index < -0.39 is 106 Å². The van der Waals surface area contributed by atoms with Crippen LogP contribution in [0, 0.1) is 29.1 Å². The fourth-order valence-electron chi connectivity index (χ4n) is 7.90. The van der Waals surface area contributed by atoms with Gasteiger partial charge in [0.1, 0.15) is 24.4 Å². The minimum atomic E-state index is -5.42. The summed E-state index contributed by atoms with van der Waals surface area (Å²) in [5.41, 5.74) is 10.8. The molecule has 2 aliphatic heterocycles. The Balaban J connectivity index is 1.97. The largest absolute Gasteiger partial charge is 0.479 e. The fourth-order valence-corrected chi connectivity index (χ4v) is 8.72. The molecule has 20 nitrogen and oxygen atoms in total. The number of nitrogens with one attached hydrogen (secondary N) is 1. The lowest BCUT2D eigenvalue weighted by Gasteiger charge is -2.47. The van der Waals surface area contributed by atoms with Crippen molar-refractivity contribution in [1.82, 2.24) is 5.32 Å². The molecule has 21 heteroatoms. The van der Waals surface area contributed by atoms with E-state index in [1.54, 1.807) is 0 Å². The second-order valence-corrected chi connectivity index (χ2v) is 20.7. The number of phosphoric acid groups is 1. The summed E-state index contributed by atoms with van der Waals surface area (Å²) >= 11 is 0. The Kier molecular flexibility index (Phi) is 24.6. The molecule has 0 aliphatic carbocycles. The van der Waals surface area contributed by atoms with Gasteiger partial charge in [0.05, 0.1) is 12.7 Å². The lowest BCUT2D eigenvalue weighted by molar-refractivity contribution is -0.335. The van der Waals surface area contributed by atoms with Crippen LogP contribution in [0.3, 0.4) is 0 Å². The molecule has 10 N–H and O–H groups in total. The number of rotatable bonds is 30. The highest BCUT2D eigenvalue weighted by molar-refractivity contribution is 7.47. The molecule has 2 aliphatic rings. The van der Waals surface area contributed by atoms with Gasteiger partial charge in [-0.05, 0) is 55.3 Å². The predicted molar refractivity (Wildman–Crippen MR) is 233 cm³/mol. The van der Waals surface area contributed by atoms with Crippen molar-refractivity contribution < 1.29 is 81.8 Å². The number of carbonyl (C=O) groups is 4. The molecule has 64 heavy (non-hydrogen) atoms. The SMILES string of the molecule is CC(=O)N[C@H]1[C@H](O[C@H]2[C@@H](OP(=O)(O)OC[C@@H](OCCC(C)CCCCC(C)(C)CCC(C)CCC(C)CCCC(C)C)C(=O)O)O[C@H](C(N)=O)[C@H](O)[C@@H]2OC(N)=O)O[C@H](C)[C@@H](O)[C@@H]1O. The van der Waals surface area contributed by atoms with E-state index >= 15 is 0 Å². The molecular formula is C43H80N3O17P. The van der Waals surface area contributed by atoms with E-state index in [1.807, 2.05) is 6.92 Å². The van der Waals surface area contributed by atoms with E-state index in [0.29, 0.717) is 12.3 Å². The van der Waals surface area contributed by atoms with Gasteiger partial charge in [-0.2, -0.15) is 0 Å². The molecule has 2 saturated heterocycles. The maximum Gasteiger partial charge on any atom is 0.474 e.